The highest BCUT2D eigenvalue weighted by atomic mass is 15.1. The summed E-state index contributed by atoms with van der Waals surface area (Å²) >= 11 is 0. The van der Waals surface area contributed by atoms with Gasteiger partial charge in [-0.2, -0.15) is 0 Å². The van der Waals surface area contributed by atoms with E-state index in [1.54, 1.807) is 0 Å². The van der Waals surface area contributed by atoms with Gasteiger partial charge in [-0.1, -0.05) is 27.2 Å². The number of nitrogens with one attached hydrogen (secondary N) is 1. The summed E-state index contributed by atoms with van der Waals surface area (Å²) in [4.78, 5) is 4.18. The number of guanidine groups is 1. The van der Waals surface area contributed by atoms with E-state index in [0.717, 1.165) is 19.4 Å². The van der Waals surface area contributed by atoms with Crippen LogP contribution in [0, 0.1) is 5.92 Å². The minimum absolute atomic E-state index is 0.408. The Balaban J connectivity index is 3.83. The monoisotopic (exact) mass is 185 g/mol. The molecule has 3 nitrogen and oxygen atoms in total. The van der Waals surface area contributed by atoms with Crippen LogP contribution in [0.1, 0.15) is 40.5 Å². The lowest BCUT2D eigenvalue weighted by Crippen LogP contribution is -2.41. The van der Waals surface area contributed by atoms with Crippen molar-refractivity contribution in [1.29, 1.82) is 0 Å². The number of hydrogen-bond acceptors (Lipinski definition) is 1. The van der Waals surface area contributed by atoms with E-state index in [9.17, 15) is 0 Å². The van der Waals surface area contributed by atoms with Crippen LogP contribution < -0.4 is 11.1 Å². The number of rotatable bonds is 5. The fourth-order valence-electron chi connectivity index (χ4n) is 1.01. The van der Waals surface area contributed by atoms with Gasteiger partial charge in [0.25, 0.3) is 0 Å². The first kappa shape index (κ1) is 12.3. The van der Waals surface area contributed by atoms with Crippen molar-refractivity contribution in [3.05, 3.63) is 0 Å². The molecule has 0 spiro atoms. The SMILES string of the molecule is CCCN=C(N)NC(C)C(C)CC. The van der Waals surface area contributed by atoms with Crippen molar-refractivity contribution in [2.75, 3.05) is 6.54 Å². The third-order valence-electron chi connectivity index (χ3n) is 2.38. The zero-order valence-corrected chi connectivity index (χ0v) is 9.30. The maximum Gasteiger partial charge on any atom is 0.188 e. The molecule has 13 heavy (non-hydrogen) atoms. The fourth-order valence-corrected chi connectivity index (χ4v) is 1.01. The first-order valence-corrected chi connectivity index (χ1v) is 5.18. The Bertz CT molecular complexity index is 154. The van der Waals surface area contributed by atoms with Crippen molar-refractivity contribution in [2.24, 2.45) is 16.6 Å². The molecule has 0 saturated heterocycles. The average molecular weight is 185 g/mol. The van der Waals surface area contributed by atoms with Crippen molar-refractivity contribution in [2.45, 2.75) is 46.6 Å². The zero-order chi connectivity index (χ0) is 10.3. The molecule has 0 bridgehead atoms. The highest BCUT2D eigenvalue weighted by molar-refractivity contribution is 5.78. The quantitative estimate of drug-likeness (QED) is 0.506. The minimum Gasteiger partial charge on any atom is -0.370 e. The van der Waals surface area contributed by atoms with Gasteiger partial charge in [0.2, 0.25) is 0 Å². The summed E-state index contributed by atoms with van der Waals surface area (Å²) in [7, 11) is 0. The van der Waals surface area contributed by atoms with Gasteiger partial charge >= 0.3 is 0 Å². The lowest BCUT2D eigenvalue weighted by atomic mass is 10.0. The normalized spacial score (nSPS) is 16.8. The summed E-state index contributed by atoms with van der Waals surface area (Å²) in [5.74, 6) is 1.21. The molecule has 0 aromatic rings. The maximum atomic E-state index is 5.69. The van der Waals surface area contributed by atoms with Crippen LogP contribution >= 0.6 is 0 Å². The van der Waals surface area contributed by atoms with E-state index in [-0.39, 0.29) is 0 Å². The molecule has 0 aromatic heterocycles. The van der Waals surface area contributed by atoms with Crippen LogP contribution in [0.15, 0.2) is 4.99 Å². The second kappa shape index (κ2) is 6.75. The molecule has 0 aliphatic carbocycles. The van der Waals surface area contributed by atoms with Gasteiger partial charge in [-0.15, -0.1) is 0 Å². The molecule has 78 valence electrons. The second-order valence-electron chi connectivity index (χ2n) is 3.59. The van der Waals surface area contributed by atoms with Crippen LogP contribution in [0.5, 0.6) is 0 Å². The predicted octanol–water partition coefficient (Wildman–Crippen LogP) is 1.74. The van der Waals surface area contributed by atoms with Crippen LogP contribution in [0.2, 0.25) is 0 Å². The molecular weight excluding hydrogens is 162 g/mol. The lowest BCUT2D eigenvalue weighted by Gasteiger charge is -2.20. The number of aliphatic imine (C=N–C) groups is 1. The van der Waals surface area contributed by atoms with Crippen LogP contribution in [-0.2, 0) is 0 Å². The standard InChI is InChI=1S/C10H23N3/c1-5-7-12-10(11)13-9(4)8(3)6-2/h8-9H,5-7H2,1-4H3,(H3,11,12,13). The summed E-state index contributed by atoms with van der Waals surface area (Å²) in [5.41, 5.74) is 5.69. The molecule has 3 N–H and O–H groups in total. The predicted molar refractivity (Wildman–Crippen MR) is 58.8 cm³/mol. The molecule has 0 rings (SSSR count). The Hall–Kier alpha value is -0.730. The van der Waals surface area contributed by atoms with Gasteiger partial charge in [0.15, 0.2) is 5.96 Å². The molecule has 0 saturated carbocycles. The van der Waals surface area contributed by atoms with E-state index >= 15 is 0 Å². The Morgan fingerprint density at radius 2 is 2.00 bits per heavy atom. The Kier molecular flexibility index (Phi) is 6.37. The molecule has 0 aliphatic heterocycles. The molecule has 2 unspecified atom stereocenters. The molecule has 0 aromatic carbocycles. The van der Waals surface area contributed by atoms with E-state index in [4.69, 9.17) is 5.73 Å². The van der Waals surface area contributed by atoms with Crippen LogP contribution in [0.25, 0.3) is 0 Å². The average Bonchev–Trinajstić information content (AvgIpc) is 2.13. The molecular formula is C10H23N3. The van der Waals surface area contributed by atoms with Gasteiger partial charge in [0, 0.05) is 12.6 Å². The summed E-state index contributed by atoms with van der Waals surface area (Å²) in [6.45, 7) is 9.44. The first-order chi connectivity index (χ1) is 6.11. The summed E-state index contributed by atoms with van der Waals surface area (Å²) in [6.07, 6.45) is 2.20. The van der Waals surface area contributed by atoms with E-state index in [2.05, 4.69) is 38.0 Å². The first-order valence-electron chi connectivity index (χ1n) is 5.18. The maximum absolute atomic E-state index is 5.69. The highest BCUT2D eigenvalue weighted by Crippen LogP contribution is 2.05. The minimum atomic E-state index is 0.408. The van der Waals surface area contributed by atoms with Crippen molar-refractivity contribution >= 4 is 5.96 Å². The van der Waals surface area contributed by atoms with E-state index < -0.39 is 0 Å². The molecule has 0 heterocycles. The van der Waals surface area contributed by atoms with Crippen LogP contribution in [0.3, 0.4) is 0 Å². The van der Waals surface area contributed by atoms with Crippen molar-refractivity contribution < 1.29 is 0 Å². The zero-order valence-electron chi connectivity index (χ0n) is 9.30. The van der Waals surface area contributed by atoms with Crippen molar-refractivity contribution in [1.82, 2.24) is 5.32 Å². The van der Waals surface area contributed by atoms with Gasteiger partial charge in [-0.25, -0.2) is 0 Å². The molecule has 3 heteroatoms. The molecule has 2 atom stereocenters. The summed E-state index contributed by atoms with van der Waals surface area (Å²) < 4.78 is 0. The Morgan fingerprint density at radius 3 is 2.46 bits per heavy atom. The largest absolute Gasteiger partial charge is 0.370 e. The lowest BCUT2D eigenvalue weighted by molar-refractivity contribution is 0.436. The van der Waals surface area contributed by atoms with Gasteiger partial charge in [0.1, 0.15) is 0 Å². The van der Waals surface area contributed by atoms with Gasteiger partial charge in [-0.05, 0) is 19.3 Å². The van der Waals surface area contributed by atoms with E-state index in [0.29, 0.717) is 17.9 Å². The molecule has 0 fully saturated rings. The number of hydrogen-bond donors (Lipinski definition) is 2. The molecule has 0 amide bonds. The fraction of sp³-hybridized carbons (Fsp3) is 0.900. The highest BCUT2D eigenvalue weighted by Gasteiger charge is 2.09. The number of nitrogens with two attached hydrogens (primary N) is 1. The Morgan fingerprint density at radius 1 is 1.38 bits per heavy atom. The van der Waals surface area contributed by atoms with Gasteiger partial charge in [0.05, 0.1) is 0 Å². The molecule has 0 radical (unpaired) electrons. The van der Waals surface area contributed by atoms with E-state index in [1.165, 1.54) is 0 Å². The third kappa shape index (κ3) is 5.50. The van der Waals surface area contributed by atoms with E-state index in [1.807, 2.05) is 0 Å². The summed E-state index contributed by atoms with van der Waals surface area (Å²) in [6, 6.07) is 0.408. The van der Waals surface area contributed by atoms with Crippen LogP contribution in [0.4, 0.5) is 0 Å². The third-order valence-corrected chi connectivity index (χ3v) is 2.38. The molecule has 0 aliphatic rings. The smallest absolute Gasteiger partial charge is 0.188 e. The van der Waals surface area contributed by atoms with Gasteiger partial charge in [-0.3, -0.25) is 4.99 Å². The van der Waals surface area contributed by atoms with Crippen molar-refractivity contribution in [3.8, 4) is 0 Å². The summed E-state index contributed by atoms with van der Waals surface area (Å²) in [5, 5.41) is 3.19. The van der Waals surface area contributed by atoms with Crippen molar-refractivity contribution in [3.63, 3.8) is 0 Å². The number of nitrogens with zero attached hydrogens (tertiary/aromatic N) is 1. The van der Waals surface area contributed by atoms with Crippen LogP contribution in [-0.4, -0.2) is 18.5 Å². The topological polar surface area (TPSA) is 50.4 Å². The van der Waals surface area contributed by atoms with Gasteiger partial charge < -0.3 is 11.1 Å². The second-order valence-corrected chi connectivity index (χ2v) is 3.59. The Labute approximate surface area is 81.8 Å².